The fraction of sp³-hybridized carbons (Fsp3) is 0.167. The minimum Gasteiger partial charge on any atom is -0.358 e. The Morgan fingerprint density at radius 1 is 1.44 bits per heavy atom. The molecule has 1 aromatic carbocycles. The second-order valence-electron chi connectivity index (χ2n) is 3.81. The molecule has 0 amide bonds. The number of anilines is 1. The molecule has 0 radical (unpaired) electrons. The standard InChI is InChI=1S/C12H13ClN4S/c1-17-8-9(7-15-17)6-14-12(18)16-11-5-3-2-4-10(11)13/h2-5,7-8H,6H2,1H3,(H2,14,16,18). The molecule has 94 valence electrons. The van der Waals surface area contributed by atoms with Gasteiger partial charge in [-0.15, -0.1) is 0 Å². The molecule has 6 heteroatoms. The van der Waals surface area contributed by atoms with Crippen molar-refractivity contribution >= 4 is 34.6 Å². The second kappa shape index (κ2) is 5.84. The first-order valence-electron chi connectivity index (χ1n) is 5.42. The summed E-state index contributed by atoms with van der Waals surface area (Å²) in [4.78, 5) is 0. The number of hydrogen-bond acceptors (Lipinski definition) is 2. The second-order valence-corrected chi connectivity index (χ2v) is 4.63. The molecule has 0 fully saturated rings. The van der Waals surface area contributed by atoms with Crippen LogP contribution in [0.25, 0.3) is 0 Å². The van der Waals surface area contributed by atoms with Crippen molar-refractivity contribution in [1.82, 2.24) is 15.1 Å². The third-order valence-electron chi connectivity index (χ3n) is 2.33. The maximum absolute atomic E-state index is 6.03. The molecule has 0 aliphatic rings. The SMILES string of the molecule is Cn1cc(CNC(=S)Nc2ccccc2Cl)cn1. The van der Waals surface area contributed by atoms with E-state index in [0.29, 0.717) is 16.7 Å². The van der Waals surface area contributed by atoms with Crippen molar-refractivity contribution < 1.29 is 0 Å². The number of aromatic nitrogens is 2. The highest BCUT2D eigenvalue weighted by Gasteiger charge is 2.02. The zero-order valence-electron chi connectivity index (χ0n) is 9.85. The molecule has 2 rings (SSSR count). The van der Waals surface area contributed by atoms with Gasteiger partial charge >= 0.3 is 0 Å². The molecule has 4 nitrogen and oxygen atoms in total. The summed E-state index contributed by atoms with van der Waals surface area (Å²) in [5, 5.41) is 11.4. The molecule has 0 unspecified atom stereocenters. The van der Waals surface area contributed by atoms with E-state index in [4.69, 9.17) is 23.8 Å². The van der Waals surface area contributed by atoms with Crippen molar-refractivity contribution in [3.8, 4) is 0 Å². The summed E-state index contributed by atoms with van der Waals surface area (Å²) < 4.78 is 1.75. The summed E-state index contributed by atoms with van der Waals surface area (Å²) in [5.74, 6) is 0. The Labute approximate surface area is 116 Å². The zero-order chi connectivity index (χ0) is 13.0. The molecule has 2 aromatic rings. The van der Waals surface area contributed by atoms with Crippen LogP contribution in [0, 0.1) is 0 Å². The van der Waals surface area contributed by atoms with E-state index in [1.165, 1.54) is 0 Å². The highest BCUT2D eigenvalue weighted by molar-refractivity contribution is 7.80. The van der Waals surface area contributed by atoms with Crippen molar-refractivity contribution in [1.29, 1.82) is 0 Å². The van der Waals surface area contributed by atoms with E-state index in [1.54, 1.807) is 10.9 Å². The highest BCUT2D eigenvalue weighted by atomic mass is 35.5. The fourth-order valence-electron chi connectivity index (χ4n) is 1.47. The number of nitrogens with zero attached hydrogens (tertiary/aromatic N) is 2. The Kier molecular flexibility index (Phi) is 4.17. The highest BCUT2D eigenvalue weighted by Crippen LogP contribution is 2.20. The van der Waals surface area contributed by atoms with Gasteiger partial charge < -0.3 is 10.6 Å². The number of para-hydroxylation sites is 1. The number of aryl methyl sites for hydroxylation is 1. The van der Waals surface area contributed by atoms with Crippen molar-refractivity contribution in [2.45, 2.75) is 6.54 Å². The molecule has 2 N–H and O–H groups in total. The van der Waals surface area contributed by atoms with Crippen LogP contribution in [0.15, 0.2) is 36.7 Å². The van der Waals surface area contributed by atoms with Crippen LogP contribution in [0.4, 0.5) is 5.69 Å². The largest absolute Gasteiger partial charge is 0.358 e. The van der Waals surface area contributed by atoms with Crippen molar-refractivity contribution in [2.75, 3.05) is 5.32 Å². The Morgan fingerprint density at radius 3 is 2.89 bits per heavy atom. The van der Waals surface area contributed by atoms with Gasteiger partial charge in [0.15, 0.2) is 5.11 Å². The lowest BCUT2D eigenvalue weighted by Gasteiger charge is -2.10. The third-order valence-corrected chi connectivity index (χ3v) is 2.91. The zero-order valence-corrected chi connectivity index (χ0v) is 11.4. The number of rotatable bonds is 3. The molecule has 0 atom stereocenters. The number of benzene rings is 1. The monoisotopic (exact) mass is 280 g/mol. The molecule has 0 bridgehead atoms. The van der Waals surface area contributed by atoms with E-state index in [0.717, 1.165) is 11.3 Å². The average Bonchev–Trinajstić information content (AvgIpc) is 2.76. The fourth-order valence-corrected chi connectivity index (χ4v) is 1.84. The van der Waals surface area contributed by atoms with Gasteiger partial charge in [0.1, 0.15) is 0 Å². The van der Waals surface area contributed by atoms with Gasteiger partial charge in [0.2, 0.25) is 0 Å². The maximum Gasteiger partial charge on any atom is 0.171 e. The molecule has 0 spiro atoms. The lowest BCUT2D eigenvalue weighted by molar-refractivity contribution is 0.766. The van der Waals surface area contributed by atoms with E-state index in [-0.39, 0.29) is 0 Å². The third kappa shape index (κ3) is 3.45. The van der Waals surface area contributed by atoms with Gasteiger partial charge in [0.25, 0.3) is 0 Å². The quantitative estimate of drug-likeness (QED) is 0.848. The number of thiocarbonyl (C=S) groups is 1. The summed E-state index contributed by atoms with van der Waals surface area (Å²) >= 11 is 11.2. The van der Waals surface area contributed by atoms with Gasteiger partial charge in [-0.05, 0) is 24.4 Å². The van der Waals surface area contributed by atoms with E-state index < -0.39 is 0 Å². The van der Waals surface area contributed by atoms with Crippen molar-refractivity contribution in [3.05, 3.63) is 47.2 Å². The number of halogens is 1. The Bertz CT molecular complexity index is 553. The summed E-state index contributed by atoms with van der Waals surface area (Å²) in [6.07, 6.45) is 3.73. The van der Waals surface area contributed by atoms with Gasteiger partial charge in [0.05, 0.1) is 16.9 Å². The first-order valence-corrected chi connectivity index (χ1v) is 6.20. The molecule has 0 aliphatic heterocycles. The van der Waals surface area contributed by atoms with Crippen LogP contribution >= 0.6 is 23.8 Å². The van der Waals surface area contributed by atoms with E-state index in [2.05, 4.69) is 15.7 Å². The predicted octanol–water partition coefficient (Wildman–Crippen LogP) is 2.56. The number of nitrogens with one attached hydrogen (secondary N) is 2. The van der Waals surface area contributed by atoms with E-state index in [1.807, 2.05) is 37.5 Å². The van der Waals surface area contributed by atoms with Gasteiger partial charge in [0, 0.05) is 25.4 Å². The van der Waals surface area contributed by atoms with E-state index in [9.17, 15) is 0 Å². The van der Waals surface area contributed by atoms with Gasteiger partial charge in [-0.2, -0.15) is 5.10 Å². The molecular formula is C12H13ClN4S. The Morgan fingerprint density at radius 2 is 2.22 bits per heavy atom. The van der Waals surface area contributed by atoms with Gasteiger partial charge in [-0.3, -0.25) is 4.68 Å². The molecule has 0 saturated heterocycles. The normalized spacial score (nSPS) is 10.1. The maximum atomic E-state index is 6.03. The number of hydrogen-bond donors (Lipinski definition) is 2. The van der Waals surface area contributed by atoms with Crippen LogP contribution < -0.4 is 10.6 Å². The van der Waals surface area contributed by atoms with Crippen LogP contribution in [0.2, 0.25) is 5.02 Å². The van der Waals surface area contributed by atoms with Crippen LogP contribution in [0.3, 0.4) is 0 Å². The molecule has 1 heterocycles. The molecule has 0 aliphatic carbocycles. The minimum atomic E-state index is 0.534. The van der Waals surface area contributed by atoms with Crippen LogP contribution in [-0.2, 0) is 13.6 Å². The van der Waals surface area contributed by atoms with Crippen LogP contribution in [0.1, 0.15) is 5.56 Å². The Balaban J connectivity index is 1.88. The lowest BCUT2D eigenvalue weighted by atomic mass is 10.3. The first kappa shape index (κ1) is 12.9. The Hall–Kier alpha value is -1.59. The summed E-state index contributed by atoms with van der Waals surface area (Å²) in [6, 6.07) is 7.46. The molecular weight excluding hydrogens is 268 g/mol. The average molecular weight is 281 g/mol. The van der Waals surface area contributed by atoms with Gasteiger partial charge in [-0.25, -0.2) is 0 Å². The van der Waals surface area contributed by atoms with E-state index >= 15 is 0 Å². The van der Waals surface area contributed by atoms with Crippen molar-refractivity contribution in [2.24, 2.45) is 7.05 Å². The minimum absolute atomic E-state index is 0.534. The molecule has 18 heavy (non-hydrogen) atoms. The predicted molar refractivity (Wildman–Crippen MR) is 77.7 cm³/mol. The molecule has 0 saturated carbocycles. The van der Waals surface area contributed by atoms with Crippen molar-refractivity contribution in [3.63, 3.8) is 0 Å². The van der Waals surface area contributed by atoms with Crippen LogP contribution in [0.5, 0.6) is 0 Å². The topological polar surface area (TPSA) is 41.9 Å². The summed E-state index contributed by atoms with van der Waals surface area (Å²) in [5.41, 5.74) is 1.86. The first-order chi connectivity index (χ1) is 8.65. The lowest BCUT2D eigenvalue weighted by Crippen LogP contribution is -2.27. The molecule has 1 aromatic heterocycles. The summed E-state index contributed by atoms with van der Waals surface area (Å²) in [6.45, 7) is 0.629. The van der Waals surface area contributed by atoms with Crippen LogP contribution in [-0.4, -0.2) is 14.9 Å². The summed E-state index contributed by atoms with van der Waals surface area (Å²) in [7, 11) is 1.88. The van der Waals surface area contributed by atoms with Gasteiger partial charge in [-0.1, -0.05) is 23.7 Å². The smallest absolute Gasteiger partial charge is 0.171 e.